The first kappa shape index (κ1) is 22.4. The number of carbonyl (C=O) groups excluding carboxylic acids is 2. The van der Waals surface area contributed by atoms with Gasteiger partial charge >= 0.3 is 5.97 Å². The Morgan fingerprint density at radius 1 is 1.07 bits per heavy atom. The maximum atomic E-state index is 13.0. The number of anilines is 2. The van der Waals surface area contributed by atoms with E-state index in [1.807, 2.05) is 0 Å². The maximum absolute atomic E-state index is 13.0. The van der Waals surface area contributed by atoms with Crippen molar-refractivity contribution >= 4 is 33.3 Å². The van der Waals surface area contributed by atoms with E-state index in [-0.39, 0.29) is 13.0 Å². The smallest absolute Gasteiger partial charge is 0.338 e. The molecule has 0 aliphatic heterocycles. The molecule has 8 heteroatoms. The Kier molecular flexibility index (Phi) is 7.39. The van der Waals surface area contributed by atoms with E-state index in [9.17, 15) is 18.0 Å². The van der Waals surface area contributed by atoms with E-state index >= 15 is 0 Å². The van der Waals surface area contributed by atoms with E-state index in [1.165, 1.54) is 0 Å². The minimum Gasteiger partial charge on any atom is -0.462 e. The fraction of sp³-hybridized carbons (Fsp3) is 0.333. The zero-order valence-electron chi connectivity index (χ0n) is 17.0. The van der Waals surface area contributed by atoms with Gasteiger partial charge in [-0.05, 0) is 50.1 Å². The molecule has 0 unspecified atom stereocenters. The standard InChI is InChI=1S/C21H26N2O5S/c1-5-19(23(29(4,26)27)16-11-8-7-9-12-16)20(24)22-18-14-10-13-17(15(18)3)21(25)28-6-2/h7-14,19H,5-6H2,1-4H3,(H,22,24)/t19-/m0/s1. The molecule has 1 amide bonds. The second-order valence-electron chi connectivity index (χ2n) is 6.51. The fourth-order valence-electron chi connectivity index (χ4n) is 3.05. The van der Waals surface area contributed by atoms with Crippen molar-refractivity contribution in [2.45, 2.75) is 33.2 Å². The molecule has 0 aliphatic carbocycles. The second-order valence-corrected chi connectivity index (χ2v) is 8.37. The van der Waals surface area contributed by atoms with Gasteiger partial charge in [-0.3, -0.25) is 9.10 Å². The van der Waals surface area contributed by atoms with Gasteiger partial charge in [-0.2, -0.15) is 0 Å². The number of benzene rings is 2. The van der Waals surface area contributed by atoms with Gasteiger partial charge in [0.15, 0.2) is 0 Å². The van der Waals surface area contributed by atoms with Gasteiger partial charge in [0.1, 0.15) is 6.04 Å². The predicted molar refractivity (Wildman–Crippen MR) is 114 cm³/mol. The van der Waals surface area contributed by atoms with Gasteiger partial charge in [0.25, 0.3) is 0 Å². The van der Waals surface area contributed by atoms with Gasteiger partial charge in [-0.25, -0.2) is 13.2 Å². The lowest BCUT2D eigenvalue weighted by Crippen LogP contribution is -2.47. The molecule has 0 heterocycles. The molecule has 0 bridgehead atoms. The summed E-state index contributed by atoms with van der Waals surface area (Å²) >= 11 is 0. The van der Waals surface area contributed by atoms with E-state index in [0.717, 1.165) is 10.6 Å². The van der Waals surface area contributed by atoms with E-state index in [0.29, 0.717) is 22.5 Å². The van der Waals surface area contributed by atoms with Crippen molar-refractivity contribution in [2.24, 2.45) is 0 Å². The number of para-hydroxylation sites is 1. The summed E-state index contributed by atoms with van der Waals surface area (Å²) in [5.41, 5.74) is 1.75. The van der Waals surface area contributed by atoms with Crippen molar-refractivity contribution in [3.8, 4) is 0 Å². The third kappa shape index (κ3) is 5.35. The highest BCUT2D eigenvalue weighted by Gasteiger charge is 2.31. The van der Waals surface area contributed by atoms with Crippen LogP contribution in [0.2, 0.25) is 0 Å². The summed E-state index contributed by atoms with van der Waals surface area (Å²) in [6.07, 6.45) is 1.34. The van der Waals surface area contributed by atoms with Crippen LogP contribution in [0.25, 0.3) is 0 Å². The topological polar surface area (TPSA) is 92.8 Å². The predicted octanol–water partition coefficient (Wildman–Crippen LogP) is 3.36. The largest absolute Gasteiger partial charge is 0.462 e. The first-order valence-corrected chi connectivity index (χ1v) is 11.2. The molecule has 0 saturated carbocycles. The van der Waals surface area contributed by atoms with Crippen molar-refractivity contribution in [2.75, 3.05) is 22.5 Å². The molecule has 2 rings (SSSR count). The highest BCUT2D eigenvalue weighted by Crippen LogP contribution is 2.25. The van der Waals surface area contributed by atoms with Crippen LogP contribution in [0.1, 0.15) is 36.2 Å². The van der Waals surface area contributed by atoms with Gasteiger partial charge in [-0.15, -0.1) is 0 Å². The summed E-state index contributed by atoms with van der Waals surface area (Å²) in [4.78, 5) is 25.1. The minimum atomic E-state index is -3.71. The number of ether oxygens (including phenoxy) is 1. The monoisotopic (exact) mass is 418 g/mol. The quantitative estimate of drug-likeness (QED) is 0.664. The Labute approximate surface area is 171 Å². The van der Waals surface area contributed by atoms with Crippen molar-refractivity contribution in [1.82, 2.24) is 0 Å². The number of rotatable bonds is 8. The zero-order valence-corrected chi connectivity index (χ0v) is 17.8. The molecule has 1 N–H and O–H groups in total. The first-order chi connectivity index (χ1) is 13.7. The summed E-state index contributed by atoms with van der Waals surface area (Å²) < 4.78 is 31.1. The Balaban J connectivity index is 2.37. The van der Waals surface area contributed by atoms with Crippen LogP contribution in [0.4, 0.5) is 11.4 Å². The molecule has 0 fully saturated rings. The zero-order chi connectivity index (χ0) is 21.6. The number of nitrogens with one attached hydrogen (secondary N) is 1. The number of hydrogen-bond donors (Lipinski definition) is 1. The summed E-state index contributed by atoms with van der Waals surface area (Å²) in [7, 11) is -3.71. The Morgan fingerprint density at radius 2 is 1.72 bits per heavy atom. The van der Waals surface area contributed by atoms with Crippen LogP contribution < -0.4 is 9.62 Å². The molecule has 2 aromatic rings. The highest BCUT2D eigenvalue weighted by molar-refractivity contribution is 7.92. The van der Waals surface area contributed by atoms with Crippen LogP contribution in [-0.4, -0.2) is 39.2 Å². The highest BCUT2D eigenvalue weighted by atomic mass is 32.2. The minimum absolute atomic E-state index is 0.243. The molecule has 29 heavy (non-hydrogen) atoms. The molecule has 0 aromatic heterocycles. The molecular weight excluding hydrogens is 392 g/mol. The number of amides is 1. The van der Waals surface area contributed by atoms with Gasteiger partial charge in [0.05, 0.1) is 24.1 Å². The van der Waals surface area contributed by atoms with E-state index in [2.05, 4.69) is 5.32 Å². The number of sulfonamides is 1. The summed E-state index contributed by atoms with van der Waals surface area (Å²) in [5.74, 6) is -0.957. The maximum Gasteiger partial charge on any atom is 0.338 e. The third-order valence-corrected chi connectivity index (χ3v) is 5.61. The van der Waals surface area contributed by atoms with Crippen molar-refractivity contribution in [3.05, 3.63) is 59.7 Å². The molecule has 156 valence electrons. The Morgan fingerprint density at radius 3 is 2.28 bits per heavy atom. The normalized spacial score (nSPS) is 12.1. The molecule has 0 radical (unpaired) electrons. The van der Waals surface area contributed by atoms with Crippen molar-refractivity contribution < 1.29 is 22.7 Å². The number of carbonyl (C=O) groups is 2. The average molecular weight is 419 g/mol. The lowest BCUT2D eigenvalue weighted by molar-refractivity contribution is -0.117. The van der Waals surface area contributed by atoms with Gasteiger partial charge in [0, 0.05) is 5.69 Å². The number of nitrogens with zero attached hydrogens (tertiary/aromatic N) is 1. The van der Waals surface area contributed by atoms with Crippen LogP contribution in [0.15, 0.2) is 48.5 Å². The number of hydrogen-bond acceptors (Lipinski definition) is 5. The lowest BCUT2D eigenvalue weighted by atomic mass is 10.1. The van der Waals surface area contributed by atoms with Gasteiger partial charge in [-0.1, -0.05) is 31.2 Å². The molecule has 0 spiro atoms. The van der Waals surface area contributed by atoms with E-state index < -0.39 is 27.9 Å². The van der Waals surface area contributed by atoms with Gasteiger partial charge < -0.3 is 10.1 Å². The average Bonchev–Trinajstić information content (AvgIpc) is 2.67. The first-order valence-electron chi connectivity index (χ1n) is 9.32. The molecule has 0 aliphatic rings. The third-order valence-electron chi connectivity index (χ3n) is 4.43. The van der Waals surface area contributed by atoms with Crippen LogP contribution in [0.5, 0.6) is 0 Å². The summed E-state index contributed by atoms with van der Waals surface area (Å²) in [6, 6.07) is 12.5. The van der Waals surface area contributed by atoms with Crippen LogP contribution in [0.3, 0.4) is 0 Å². The SMILES string of the molecule is CCOC(=O)c1cccc(NC(=O)[C@H](CC)N(c2ccccc2)S(C)(=O)=O)c1C. The van der Waals surface area contributed by atoms with Gasteiger partial charge in [0.2, 0.25) is 15.9 Å². The molecule has 2 aromatic carbocycles. The van der Waals surface area contributed by atoms with Crippen LogP contribution in [0, 0.1) is 6.92 Å². The lowest BCUT2D eigenvalue weighted by Gasteiger charge is -2.30. The van der Waals surface area contributed by atoms with Crippen molar-refractivity contribution in [3.63, 3.8) is 0 Å². The van der Waals surface area contributed by atoms with Crippen LogP contribution in [-0.2, 0) is 19.6 Å². The van der Waals surface area contributed by atoms with Crippen LogP contribution >= 0.6 is 0 Å². The van der Waals surface area contributed by atoms with E-state index in [1.54, 1.807) is 69.3 Å². The fourth-order valence-corrected chi connectivity index (χ4v) is 4.26. The van der Waals surface area contributed by atoms with E-state index in [4.69, 9.17) is 4.74 Å². The number of esters is 1. The Hall–Kier alpha value is -2.87. The molecule has 0 saturated heterocycles. The Bertz CT molecular complexity index is 974. The second kappa shape index (κ2) is 9.56. The molecule has 1 atom stereocenters. The summed E-state index contributed by atoms with van der Waals surface area (Å²) in [5, 5.41) is 2.77. The molecular formula is C21H26N2O5S. The summed E-state index contributed by atoms with van der Waals surface area (Å²) in [6.45, 7) is 5.41. The van der Waals surface area contributed by atoms with Crippen molar-refractivity contribution in [1.29, 1.82) is 0 Å². The molecule has 7 nitrogen and oxygen atoms in total.